The van der Waals surface area contributed by atoms with E-state index in [2.05, 4.69) is 10.1 Å². The van der Waals surface area contributed by atoms with Gasteiger partial charge in [0.2, 0.25) is 5.91 Å². The number of carbonyl (C=O) groups is 1. The molecule has 2 aliphatic carbocycles. The van der Waals surface area contributed by atoms with Gasteiger partial charge in [0, 0.05) is 12.1 Å². The van der Waals surface area contributed by atoms with Crippen molar-refractivity contribution in [1.29, 1.82) is 0 Å². The Labute approximate surface area is 126 Å². The Hall–Kier alpha value is -1.72. The number of hydrogen-bond acceptors (Lipinski definition) is 2. The average molecular weight is 313 g/mol. The lowest BCUT2D eigenvalue weighted by atomic mass is 9.86. The summed E-state index contributed by atoms with van der Waals surface area (Å²) in [5.74, 6) is 1.58. The van der Waals surface area contributed by atoms with E-state index in [1.165, 1.54) is 43.5 Å². The Morgan fingerprint density at radius 3 is 2.45 bits per heavy atom. The van der Waals surface area contributed by atoms with Gasteiger partial charge in [0.1, 0.15) is 5.75 Å². The highest BCUT2D eigenvalue weighted by molar-refractivity contribution is 5.90. The van der Waals surface area contributed by atoms with E-state index in [9.17, 15) is 18.0 Å². The lowest BCUT2D eigenvalue weighted by molar-refractivity contribution is -0.274. The van der Waals surface area contributed by atoms with Crippen molar-refractivity contribution < 1.29 is 22.7 Å². The lowest BCUT2D eigenvalue weighted by Crippen LogP contribution is -2.20. The molecule has 1 aromatic rings. The van der Waals surface area contributed by atoms with Gasteiger partial charge in [0.05, 0.1) is 0 Å². The van der Waals surface area contributed by atoms with Crippen molar-refractivity contribution in [1.82, 2.24) is 0 Å². The van der Waals surface area contributed by atoms with Crippen LogP contribution in [0.5, 0.6) is 5.75 Å². The molecule has 0 aliphatic heterocycles. The van der Waals surface area contributed by atoms with Crippen LogP contribution in [0.25, 0.3) is 0 Å². The molecule has 1 amide bonds. The van der Waals surface area contributed by atoms with E-state index >= 15 is 0 Å². The number of halogens is 3. The Morgan fingerprint density at radius 2 is 1.91 bits per heavy atom. The fourth-order valence-corrected chi connectivity index (χ4v) is 3.82. The van der Waals surface area contributed by atoms with Crippen molar-refractivity contribution in [3.63, 3.8) is 0 Å². The van der Waals surface area contributed by atoms with E-state index in [1.807, 2.05) is 0 Å². The van der Waals surface area contributed by atoms with E-state index in [4.69, 9.17) is 0 Å². The highest BCUT2D eigenvalue weighted by atomic mass is 19.4. The SMILES string of the molecule is O=C(C[C@@H]1C[C@H]2CC[C@@H]1C2)Nc1ccc(OC(F)(F)F)cc1. The van der Waals surface area contributed by atoms with Crippen LogP contribution in [0.3, 0.4) is 0 Å². The summed E-state index contributed by atoms with van der Waals surface area (Å²) in [5, 5.41) is 2.74. The zero-order valence-corrected chi connectivity index (χ0v) is 12.0. The van der Waals surface area contributed by atoms with Crippen molar-refractivity contribution >= 4 is 11.6 Å². The molecule has 2 fully saturated rings. The van der Waals surface area contributed by atoms with Crippen molar-refractivity contribution in [3.8, 4) is 5.75 Å². The van der Waals surface area contributed by atoms with Crippen LogP contribution < -0.4 is 10.1 Å². The van der Waals surface area contributed by atoms with Crippen LogP contribution in [-0.2, 0) is 4.79 Å². The van der Waals surface area contributed by atoms with Gasteiger partial charge in [-0.2, -0.15) is 0 Å². The second kappa shape index (κ2) is 5.82. The summed E-state index contributed by atoms with van der Waals surface area (Å²) in [6.45, 7) is 0. The number of amides is 1. The third-order valence-electron chi connectivity index (χ3n) is 4.70. The summed E-state index contributed by atoms with van der Waals surface area (Å²) < 4.78 is 40.0. The van der Waals surface area contributed by atoms with E-state index in [-0.39, 0.29) is 11.7 Å². The maximum Gasteiger partial charge on any atom is 0.573 e. The van der Waals surface area contributed by atoms with E-state index in [0.29, 0.717) is 23.9 Å². The van der Waals surface area contributed by atoms with Crippen LogP contribution in [0.1, 0.15) is 32.1 Å². The minimum Gasteiger partial charge on any atom is -0.406 e. The molecule has 0 saturated heterocycles. The molecule has 1 N–H and O–H groups in total. The molecule has 6 heteroatoms. The van der Waals surface area contributed by atoms with Crippen LogP contribution in [0.2, 0.25) is 0 Å². The topological polar surface area (TPSA) is 38.3 Å². The summed E-state index contributed by atoms with van der Waals surface area (Å²) in [7, 11) is 0. The molecule has 3 atom stereocenters. The Morgan fingerprint density at radius 1 is 1.18 bits per heavy atom. The molecule has 0 radical (unpaired) electrons. The monoisotopic (exact) mass is 313 g/mol. The van der Waals surface area contributed by atoms with Gasteiger partial charge >= 0.3 is 6.36 Å². The third-order valence-corrected chi connectivity index (χ3v) is 4.70. The number of hydrogen-bond donors (Lipinski definition) is 1. The Bertz CT molecular complexity index is 541. The van der Waals surface area contributed by atoms with Gasteiger partial charge < -0.3 is 10.1 Å². The molecule has 0 unspecified atom stereocenters. The second-order valence-electron chi connectivity index (χ2n) is 6.26. The first-order chi connectivity index (χ1) is 10.4. The maximum atomic E-state index is 12.1. The van der Waals surface area contributed by atoms with E-state index in [1.54, 1.807) is 0 Å². The number of alkyl halides is 3. The maximum absolute atomic E-state index is 12.1. The van der Waals surface area contributed by atoms with Crippen LogP contribution in [0, 0.1) is 17.8 Å². The fourth-order valence-electron chi connectivity index (χ4n) is 3.82. The summed E-state index contributed by atoms with van der Waals surface area (Å²) in [4.78, 5) is 12.0. The van der Waals surface area contributed by atoms with Gasteiger partial charge in [-0.1, -0.05) is 6.42 Å². The molecule has 2 bridgehead atoms. The molecule has 2 aliphatic rings. The summed E-state index contributed by atoms with van der Waals surface area (Å²) in [6, 6.07) is 5.22. The number of carbonyl (C=O) groups excluding carboxylic acids is 1. The normalized spacial score (nSPS) is 27.0. The zero-order chi connectivity index (χ0) is 15.7. The van der Waals surface area contributed by atoms with Crippen LogP contribution >= 0.6 is 0 Å². The third kappa shape index (κ3) is 3.72. The van der Waals surface area contributed by atoms with Crippen LogP contribution in [0.4, 0.5) is 18.9 Å². The van der Waals surface area contributed by atoms with Gasteiger partial charge in [-0.25, -0.2) is 0 Å². The number of nitrogens with one attached hydrogen (secondary N) is 1. The minimum atomic E-state index is -4.70. The predicted molar refractivity (Wildman–Crippen MR) is 75.3 cm³/mol. The van der Waals surface area contributed by atoms with Gasteiger partial charge in [-0.3, -0.25) is 4.79 Å². The fraction of sp³-hybridized carbons (Fsp3) is 0.562. The van der Waals surface area contributed by atoms with Crippen molar-refractivity contribution in [3.05, 3.63) is 24.3 Å². The predicted octanol–water partition coefficient (Wildman–Crippen LogP) is 4.35. The molecular weight excluding hydrogens is 295 g/mol. The Balaban J connectivity index is 1.51. The molecular formula is C16H18F3NO2. The number of ether oxygens (including phenoxy) is 1. The summed E-state index contributed by atoms with van der Waals surface area (Å²) in [5.41, 5.74) is 0.489. The van der Waals surface area contributed by atoms with Gasteiger partial charge in [-0.05, 0) is 61.3 Å². The first-order valence-corrected chi connectivity index (χ1v) is 7.55. The standard InChI is InChI=1S/C16H18F3NO2/c17-16(18,19)22-14-5-3-13(4-6-14)20-15(21)9-12-8-10-1-2-11(12)7-10/h3-6,10-12H,1-2,7-9H2,(H,20,21)/t10-,11+,12-/m0/s1. The van der Waals surface area contributed by atoms with E-state index in [0.717, 1.165) is 12.3 Å². The largest absolute Gasteiger partial charge is 0.573 e. The molecule has 22 heavy (non-hydrogen) atoms. The van der Waals surface area contributed by atoms with Crippen molar-refractivity contribution in [2.75, 3.05) is 5.32 Å². The number of rotatable bonds is 4. The van der Waals surface area contributed by atoms with Gasteiger partial charge in [0.25, 0.3) is 0 Å². The highest BCUT2D eigenvalue weighted by Gasteiger charge is 2.40. The molecule has 0 aromatic heterocycles. The van der Waals surface area contributed by atoms with Crippen molar-refractivity contribution in [2.24, 2.45) is 17.8 Å². The summed E-state index contributed by atoms with van der Waals surface area (Å²) in [6.07, 6.45) is 0.710. The molecule has 2 saturated carbocycles. The van der Waals surface area contributed by atoms with Gasteiger partial charge in [0.15, 0.2) is 0 Å². The lowest BCUT2D eigenvalue weighted by Gasteiger charge is -2.20. The minimum absolute atomic E-state index is 0.0676. The number of fused-ring (bicyclic) bond motifs is 2. The van der Waals surface area contributed by atoms with Crippen LogP contribution in [0.15, 0.2) is 24.3 Å². The first kappa shape index (κ1) is 15.2. The van der Waals surface area contributed by atoms with E-state index < -0.39 is 6.36 Å². The average Bonchev–Trinajstić information content (AvgIpc) is 3.01. The molecule has 120 valence electrons. The Kier molecular flexibility index (Phi) is 4.02. The molecule has 3 nitrogen and oxygen atoms in total. The number of benzene rings is 1. The molecule has 0 spiro atoms. The quantitative estimate of drug-likeness (QED) is 0.897. The molecule has 3 rings (SSSR count). The van der Waals surface area contributed by atoms with Gasteiger partial charge in [-0.15, -0.1) is 13.2 Å². The highest BCUT2D eigenvalue weighted by Crippen LogP contribution is 2.49. The smallest absolute Gasteiger partial charge is 0.406 e. The number of anilines is 1. The zero-order valence-electron chi connectivity index (χ0n) is 12.0. The first-order valence-electron chi connectivity index (χ1n) is 7.55. The van der Waals surface area contributed by atoms with Crippen molar-refractivity contribution in [2.45, 2.75) is 38.5 Å². The second-order valence-corrected chi connectivity index (χ2v) is 6.26. The molecule has 0 heterocycles. The van der Waals surface area contributed by atoms with Crippen LogP contribution in [-0.4, -0.2) is 12.3 Å². The molecule has 1 aromatic carbocycles. The summed E-state index contributed by atoms with van der Waals surface area (Å²) >= 11 is 0.